The molecule has 0 fully saturated rings. The summed E-state index contributed by atoms with van der Waals surface area (Å²) in [7, 11) is 2.11. The number of hydrogen-bond donors (Lipinski definition) is 0. The average molecular weight is 247 g/mol. The van der Waals surface area contributed by atoms with Crippen molar-refractivity contribution in [2.24, 2.45) is 0 Å². The van der Waals surface area contributed by atoms with Crippen LogP contribution in [0.3, 0.4) is 0 Å². The van der Waals surface area contributed by atoms with E-state index in [1.54, 1.807) is 0 Å². The number of nitrogens with zero attached hydrogens (tertiary/aromatic N) is 2. The van der Waals surface area contributed by atoms with Crippen LogP contribution >= 0.6 is 11.6 Å². The summed E-state index contributed by atoms with van der Waals surface area (Å²) in [5.74, 6) is 0. The highest BCUT2D eigenvalue weighted by Crippen LogP contribution is 2.12. The zero-order valence-corrected chi connectivity index (χ0v) is 10.6. The van der Waals surface area contributed by atoms with E-state index in [4.69, 9.17) is 11.6 Å². The molecule has 17 heavy (non-hydrogen) atoms. The van der Waals surface area contributed by atoms with Crippen LogP contribution in [0, 0.1) is 0 Å². The molecular formula is C14H15ClN2. The zero-order valence-electron chi connectivity index (χ0n) is 9.81. The molecule has 0 saturated carbocycles. The van der Waals surface area contributed by atoms with Crippen molar-refractivity contribution in [1.82, 2.24) is 9.88 Å². The lowest BCUT2D eigenvalue weighted by Crippen LogP contribution is -2.17. The maximum atomic E-state index is 5.86. The van der Waals surface area contributed by atoms with Gasteiger partial charge in [-0.2, -0.15) is 0 Å². The lowest BCUT2D eigenvalue weighted by Gasteiger charge is -2.16. The molecule has 2 aromatic rings. The summed E-state index contributed by atoms with van der Waals surface area (Å²) < 4.78 is 0. The first-order valence-electron chi connectivity index (χ1n) is 5.56. The maximum Gasteiger partial charge on any atom is 0.0406 e. The van der Waals surface area contributed by atoms with E-state index in [1.807, 2.05) is 36.7 Å². The molecule has 88 valence electrons. The van der Waals surface area contributed by atoms with E-state index < -0.39 is 0 Å². The molecule has 0 radical (unpaired) electrons. The van der Waals surface area contributed by atoms with Gasteiger partial charge in [-0.3, -0.25) is 9.88 Å². The van der Waals surface area contributed by atoms with Crippen LogP contribution in [0.4, 0.5) is 0 Å². The Morgan fingerprint density at radius 1 is 0.941 bits per heavy atom. The number of rotatable bonds is 4. The van der Waals surface area contributed by atoms with Gasteiger partial charge in [-0.1, -0.05) is 23.7 Å². The number of aromatic nitrogens is 1. The molecule has 1 aromatic heterocycles. The third-order valence-electron chi connectivity index (χ3n) is 2.57. The Labute approximate surface area is 107 Å². The van der Waals surface area contributed by atoms with Crippen LogP contribution in [0.5, 0.6) is 0 Å². The van der Waals surface area contributed by atoms with Gasteiger partial charge in [0.1, 0.15) is 0 Å². The summed E-state index contributed by atoms with van der Waals surface area (Å²) in [5, 5.41) is 0.783. The van der Waals surface area contributed by atoms with Gasteiger partial charge in [-0.05, 0) is 42.4 Å². The van der Waals surface area contributed by atoms with Crippen molar-refractivity contribution in [1.29, 1.82) is 0 Å². The van der Waals surface area contributed by atoms with Crippen molar-refractivity contribution in [2.45, 2.75) is 13.1 Å². The fraction of sp³-hybridized carbons (Fsp3) is 0.214. The van der Waals surface area contributed by atoms with Crippen LogP contribution in [-0.4, -0.2) is 16.9 Å². The second-order valence-electron chi connectivity index (χ2n) is 4.15. The van der Waals surface area contributed by atoms with Gasteiger partial charge in [0.15, 0.2) is 0 Å². The minimum Gasteiger partial charge on any atom is -0.298 e. The maximum absolute atomic E-state index is 5.86. The summed E-state index contributed by atoms with van der Waals surface area (Å²) in [6.45, 7) is 1.84. The second-order valence-corrected chi connectivity index (χ2v) is 4.59. The smallest absolute Gasteiger partial charge is 0.0406 e. The van der Waals surface area contributed by atoms with E-state index in [1.165, 1.54) is 11.1 Å². The van der Waals surface area contributed by atoms with E-state index >= 15 is 0 Å². The number of halogens is 1. The highest BCUT2D eigenvalue weighted by Gasteiger charge is 2.01. The standard InChI is InChI=1S/C14H15ClN2/c1-17(11-13-6-8-16-9-7-13)10-12-2-4-14(15)5-3-12/h2-9H,10-11H2,1H3. The summed E-state index contributed by atoms with van der Waals surface area (Å²) in [6.07, 6.45) is 3.65. The highest BCUT2D eigenvalue weighted by molar-refractivity contribution is 6.30. The quantitative estimate of drug-likeness (QED) is 0.822. The van der Waals surface area contributed by atoms with Gasteiger partial charge in [0.2, 0.25) is 0 Å². The molecule has 0 amide bonds. The first kappa shape index (κ1) is 12.1. The van der Waals surface area contributed by atoms with Crippen molar-refractivity contribution in [2.75, 3.05) is 7.05 Å². The fourth-order valence-corrected chi connectivity index (χ4v) is 1.88. The third-order valence-corrected chi connectivity index (χ3v) is 2.82. The Bertz CT molecular complexity index is 453. The molecule has 0 aliphatic rings. The van der Waals surface area contributed by atoms with Gasteiger partial charge >= 0.3 is 0 Å². The Balaban J connectivity index is 1.93. The Morgan fingerprint density at radius 3 is 2.06 bits per heavy atom. The van der Waals surface area contributed by atoms with Crippen LogP contribution in [0.15, 0.2) is 48.8 Å². The molecule has 2 rings (SSSR count). The van der Waals surface area contributed by atoms with Gasteiger partial charge in [-0.25, -0.2) is 0 Å². The highest BCUT2D eigenvalue weighted by atomic mass is 35.5. The van der Waals surface area contributed by atoms with Crippen LogP contribution in [0.25, 0.3) is 0 Å². The molecule has 1 heterocycles. The summed E-state index contributed by atoms with van der Waals surface area (Å²) in [6, 6.07) is 12.1. The molecule has 0 N–H and O–H groups in total. The predicted molar refractivity (Wildman–Crippen MR) is 70.9 cm³/mol. The van der Waals surface area contributed by atoms with Crippen molar-refractivity contribution < 1.29 is 0 Å². The first-order chi connectivity index (χ1) is 8.24. The van der Waals surface area contributed by atoms with Crippen LogP contribution < -0.4 is 0 Å². The van der Waals surface area contributed by atoms with E-state index in [0.717, 1.165) is 18.1 Å². The average Bonchev–Trinajstić information content (AvgIpc) is 2.33. The van der Waals surface area contributed by atoms with Crippen LogP contribution in [0.1, 0.15) is 11.1 Å². The van der Waals surface area contributed by atoms with Crippen molar-refractivity contribution in [3.8, 4) is 0 Å². The van der Waals surface area contributed by atoms with Crippen LogP contribution in [-0.2, 0) is 13.1 Å². The zero-order chi connectivity index (χ0) is 12.1. The van der Waals surface area contributed by atoms with Gasteiger partial charge in [0, 0.05) is 30.5 Å². The van der Waals surface area contributed by atoms with Crippen molar-refractivity contribution in [3.63, 3.8) is 0 Å². The molecule has 0 atom stereocenters. The van der Waals surface area contributed by atoms with Crippen molar-refractivity contribution >= 4 is 11.6 Å². The molecule has 0 spiro atoms. The Morgan fingerprint density at radius 2 is 1.47 bits per heavy atom. The molecule has 2 nitrogen and oxygen atoms in total. The van der Waals surface area contributed by atoms with Gasteiger partial charge in [0.25, 0.3) is 0 Å². The lowest BCUT2D eigenvalue weighted by atomic mass is 10.2. The topological polar surface area (TPSA) is 16.1 Å². The number of pyridine rings is 1. The van der Waals surface area contributed by atoms with E-state index in [-0.39, 0.29) is 0 Å². The van der Waals surface area contributed by atoms with Gasteiger partial charge < -0.3 is 0 Å². The Hall–Kier alpha value is -1.38. The SMILES string of the molecule is CN(Cc1ccncc1)Cc1ccc(Cl)cc1. The molecule has 0 aliphatic carbocycles. The van der Waals surface area contributed by atoms with Gasteiger partial charge in [0.05, 0.1) is 0 Å². The number of benzene rings is 1. The fourth-order valence-electron chi connectivity index (χ4n) is 1.76. The molecule has 0 bridgehead atoms. The molecular weight excluding hydrogens is 232 g/mol. The predicted octanol–water partition coefficient (Wildman–Crippen LogP) is 3.37. The van der Waals surface area contributed by atoms with Crippen LogP contribution in [0.2, 0.25) is 5.02 Å². The molecule has 1 aromatic carbocycles. The van der Waals surface area contributed by atoms with Gasteiger partial charge in [-0.15, -0.1) is 0 Å². The third kappa shape index (κ3) is 3.84. The summed E-state index contributed by atoms with van der Waals surface area (Å²) in [5.41, 5.74) is 2.54. The molecule has 0 unspecified atom stereocenters. The summed E-state index contributed by atoms with van der Waals surface area (Å²) >= 11 is 5.86. The largest absolute Gasteiger partial charge is 0.298 e. The van der Waals surface area contributed by atoms with E-state index in [2.05, 4.69) is 29.1 Å². The second kappa shape index (κ2) is 5.80. The van der Waals surface area contributed by atoms with Crippen molar-refractivity contribution in [3.05, 3.63) is 64.9 Å². The Kier molecular flexibility index (Phi) is 4.13. The molecule has 0 aliphatic heterocycles. The summed E-state index contributed by atoms with van der Waals surface area (Å²) in [4.78, 5) is 6.28. The molecule has 3 heteroatoms. The lowest BCUT2D eigenvalue weighted by molar-refractivity contribution is 0.319. The van der Waals surface area contributed by atoms with E-state index in [9.17, 15) is 0 Å². The minimum absolute atomic E-state index is 0.783. The number of hydrogen-bond acceptors (Lipinski definition) is 2. The minimum atomic E-state index is 0.783. The molecule has 0 saturated heterocycles. The van der Waals surface area contributed by atoms with E-state index in [0.29, 0.717) is 0 Å². The normalized spacial score (nSPS) is 10.8. The monoisotopic (exact) mass is 246 g/mol. The first-order valence-corrected chi connectivity index (χ1v) is 5.94.